The summed E-state index contributed by atoms with van der Waals surface area (Å²) in [7, 11) is 1.74. The van der Waals surface area contributed by atoms with Crippen molar-refractivity contribution in [3.05, 3.63) is 18.1 Å². The van der Waals surface area contributed by atoms with E-state index in [0.717, 1.165) is 0 Å². The lowest BCUT2D eigenvalue weighted by atomic mass is 10.5. The standard InChI is InChI=1S/C7H5N7S/c1-14-7(11-12-13-14)15-6-4-9-5(2-8)3-10-6/h3-4H,1H3. The molecule has 0 aliphatic carbocycles. The Hall–Kier alpha value is -2.01. The molecule has 0 N–H and O–H groups in total. The van der Waals surface area contributed by atoms with E-state index >= 15 is 0 Å². The van der Waals surface area contributed by atoms with Gasteiger partial charge in [0.2, 0.25) is 5.16 Å². The smallest absolute Gasteiger partial charge is 0.215 e. The van der Waals surface area contributed by atoms with Gasteiger partial charge in [0, 0.05) is 7.05 Å². The van der Waals surface area contributed by atoms with Crippen molar-refractivity contribution in [3.63, 3.8) is 0 Å². The zero-order chi connectivity index (χ0) is 10.7. The second-order valence-corrected chi connectivity index (χ2v) is 3.53. The molecule has 0 aliphatic rings. The fourth-order valence-electron chi connectivity index (χ4n) is 0.828. The highest BCUT2D eigenvalue weighted by Crippen LogP contribution is 2.21. The van der Waals surface area contributed by atoms with Gasteiger partial charge < -0.3 is 0 Å². The Balaban J connectivity index is 2.19. The average molecular weight is 219 g/mol. The van der Waals surface area contributed by atoms with Gasteiger partial charge in [-0.05, 0) is 22.2 Å². The van der Waals surface area contributed by atoms with E-state index in [1.807, 2.05) is 6.07 Å². The number of rotatable bonds is 2. The highest BCUT2D eigenvalue weighted by atomic mass is 32.2. The minimum Gasteiger partial charge on any atom is -0.245 e. The van der Waals surface area contributed by atoms with Crippen molar-refractivity contribution in [1.29, 1.82) is 5.26 Å². The van der Waals surface area contributed by atoms with Gasteiger partial charge in [-0.1, -0.05) is 0 Å². The summed E-state index contributed by atoms with van der Waals surface area (Å²) in [6.45, 7) is 0. The molecule has 0 atom stereocenters. The maximum absolute atomic E-state index is 8.53. The van der Waals surface area contributed by atoms with E-state index in [4.69, 9.17) is 5.26 Å². The van der Waals surface area contributed by atoms with Crippen molar-refractivity contribution < 1.29 is 0 Å². The lowest BCUT2D eigenvalue weighted by molar-refractivity contribution is 0.664. The summed E-state index contributed by atoms with van der Waals surface area (Å²) in [5.74, 6) is 0. The number of aromatic nitrogens is 6. The fourth-order valence-corrected chi connectivity index (χ4v) is 1.47. The normalized spacial score (nSPS) is 9.87. The highest BCUT2D eigenvalue weighted by molar-refractivity contribution is 7.99. The van der Waals surface area contributed by atoms with Crippen LogP contribution in [0.1, 0.15) is 5.69 Å². The van der Waals surface area contributed by atoms with Crippen molar-refractivity contribution in [2.75, 3.05) is 0 Å². The van der Waals surface area contributed by atoms with Gasteiger partial charge in [-0.2, -0.15) is 5.26 Å². The molecule has 0 spiro atoms. The van der Waals surface area contributed by atoms with Gasteiger partial charge in [0.05, 0.1) is 12.4 Å². The van der Waals surface area contributed by atoms with E-state index in [-0.39, 0.29) is 5.69 Å². The van der Waals surface area contributed by atoms with Gasteiger partial charge in [0.1, 0.15) is 11.1 Å². The van der Waals surface area contributed by atoms with Crippen molar-refractivity contribution in [3.8, 4) is 6.07 Å². The minimum atomic E-state index is 0.287. The molecule has 0 unspecified atom stereocenters. The third kappa shape index (κ3) is 2.08. The number of tetrazole rings is 1. The van der Waals surface area contributed by atoms with Crippen LogP contribution < -0.4 is 0 Å². The molecule has 2 rings (SSSR count). The zero-order valence-corrected chi connectivity index (χ0v) is 8.51. The summed E-state index contributed by atoms with van der Waals surface area (Å²) >= 11 is 1.28. The number of hydrogen-bond donors (Lipinski definition) is 0. The number of hydrogen-bond acceptors (Lipinski definition) is 7. The van der Waals surface area contributed by atoms with E-state index < -0.39 is 0 Å². The molecular formula is C7H5N7S. The molecule has 0 amide bonds. The van der Waals surface area contributed by atoms with Crippen molar-refractivity contribution in [1.82, 2.24) is 30.2 Å². The van der Waals surface area contributed by atoms with Crippen molar-refractivity contribution in [2.24, 2.45) is 7.05 Å². The third-order valence-electron chi connectivity index (χ3n) is 1.52. The Morgan fingerprint density at radius 3 is 2.80 bits per heavy atom. The molecule has 74 valence electrons. The Bertz CT molecular complexity index is 497. The summed E-state index contributed by atoms with van der Waals surface area (Å²) < 4.78 is 1.53. The van der Waals surface area contributed by atoms with E-state index in [0.29, 0.717) is 10.2 Å². The van der Waals surface area contributed by atoms with Crippen LogP contribution in [0, 0.1) is 11.3 Å². The van der Waals surface area contributed by atoms with Crippen LogP contribution in [-0.4, -0.2) is 30.2 Å². The first-order valence-corrected chi connectivity index (χ1v) is 4.73. The van der Waals surface area contributed by atoms with E-state index in [2.05, 4.69) is 25.5 Å². The van der Waals surface area contributed by atoms with Gasteiger partial charge in [-0.15, -0.1) is 5.10 Å². The monoisotopic (exact) mass is 219 g/mol. The Labute approximate surface area is 89.2 Å². The van der Waals surface area contributed by atoms with Crippen LogP contribution in [0.25, 0.3) is 0 Å². The predicted molar refractivity (Wildman–Crippen MR) is 49.7 cm³/mol. The number of nitrogens with zero attached hydrogens (tertiary/aromatic N) is 7. The van der Waals surface area contributed by atoms with Crippen LogP contribution >= 0.6 is 11.8 Å². The summed E-state index contributed by atoms with van der Waals surface area (Å²) in [5.41, 5.74) is 0.287. The molecule has 0 saturated heterocycles. The molecule has 15 heavy (non-hydrogen) atoms. The Kier molecular flexibility index (Phi) is 2.55. The maximum atomic E-state index is 8.53. The quantitative estimate of drug-likeness (QED) is 0.702. The van der Waals surface area contributed by atoms with E-state index in [9.17, 15) is 0 Å². The topological polar surface area (TPSA) is 93.2 Å². The lowest BCUT2D eigenvalue weighted by Crippen LogP contribution is -1.94. The summed E-state index contributed by atoms with van der Waals surface area (Å²) in [4.78, 5) is 7.92. The first-order chi connectivity index (χ1) is 7.29. The van der Waals surface area contributed by atoms with Gasteiger partial charge in [0.25, 0.3) is 0 Å². The number of aryl methyl sites for hydroxylation is 1. The molecule has 0 aromatic carbocycles. The second kappa shape index (κ2) is 4.02. The summed E-state index contributed by atoms with van der Waals surface area (Å²) in [6.07, 6.45) is 2.92. The molecule has 0 aliphatic heterocycles. The molecule has 7 nitrogen and oxygen atoms in total. The molecule has 2 heterocycles. The molecule has 0 bridgehead atoms. The Morgan fingerprint density at radius 1 is 1.40 bits per heavy atom. The first kappa shape index (κ1) is 9.54. The van der Waals surface area contributed by atoms with Gasteiger partial charge in [0.15, 0.2) is 5.69 Å². The van der Waals surface area contributed by atoms with Crippen molar-refractivity contribution >= 4 is 11.8 Å². The largest absolute Gasteiger partial charge is 0.245 e. The van der Waals surface area contributed by atoms with Crippen LogP contribution in [0.3, 0.4) is 0 Å². The Morgan fingerprint density at radius 2 is 2.27 bits per heavy atom. The maximum Gasteiger partial charge on any atom is 0.215 e. The third-order valence-corrected chi connectivity index (χ3v) is 2.47. The molecule has 2 aromatic rings. The minimum absolute atomic E-state index is 0.287. The highest BCUT2D eigenvalue weighted by Gasteiger charge is 2.06. The van der Waals surface area contributed by atoms with Crippen LogP contribution in [-0.2, 0) is 7.05 Å². The zero-order valence-electron chi connectivity index (χ0n) is 7.69. The van der Waals surface area contributed by atoms with E-state index in [1.165, 1.54) is 28.8 Å². The molecule has 2 aromatic heterocycles. The molecule has 0 radical (unpaired) electrons. The summed E-state index contributed by atoms with van der Waals surface area (Å²) in [6, 6.07) is 1.90. The van der Waals surface area contributed by atoms with Crippen LogP contribution in [0.15, 0.2) is 22.6 Å². The fraction of sp³-hybridized carbons (Fsp3) is 0.143. The molecular weight excluding hydrogens is 214 g/mol. The van der Waals surface area contributed by atoms with Crippen molar-refractivity contribution in [2.45, 2.75) is 10.2 Å². The van der Waals surface area contributed by atoms with Gasteiger partial charge >= 0.3 is 0 Å². The SMILES string of the molecule is Cn1nnnc1Sc1cnc(C#N)cn1. The first-order valence-electron chi connectivity index (χ1n) is 3.92. The lowest BCUT2D eigenvalue weighted by Gasteiger charge is -1.96. The van der Waals surface area contributed by atoms with Gasteiger partial charge in [-0.3, -0.25) is 0 Å². The molecule has 8 heteroatoms. The average Bonchev–Trinajstić information content (AvgIpc) is 2.66. The molecule has 0 fully saturated rings. The molecule has 0 saturated carbocycles. The second-order valence-electron chi connectivity index (χ2n) is 2.54. The predicted octanol–water partition coefficient (Wildman–Crippen LogP) is 0.0230. The summed E-state index contributed by atoms with van der Waals surface area (Å²) in [5, 5.41) is 20.8. The van der Waals surface area contributed by atoms with Crippen LogP contribution in [0.2, 0.25) is 0 Å². The van der Waals surface area contributed by atoms with Gasteiger partial charge in [-0.25, -0.2) is 14.6 Å². The van der Waals surface area contributed by atoms with Crippen LogP contribution in [0.4, 0.5) is 0 Å². The van der Waals surface area contributed by atoms with Crippen LogP contribution in [0.5, 0.6) is 0 Å². The van der Waals surface area contributed by atoms with E-state index in [1.54, 1.807) is 7.05 Å². The number of nitriles is 1.